The molecule has 3 aromatic rings. The molecule has 2 aromatic carbocycles. The van der Waals surface area contributed by atoms with Gasteiger partial charge < -0.3 is 14.0 Å². The Balaban J connectivity index is 2.16. The smallest absolute Gasteiger partial charge is 0.283 e. The van der Waals surface area contributed by atoms with Gasteiger partial charge in [-0.05, 0) is 30.3 Å². The van der Waals surface area contributed by atoms with Crippen LogP contribution in [0.1, 0.15) is 10.4 Å². The van der Waals surface area contributed by atoms with Crippen LogP contribution < -0.4 is 14.3 Å². The van der Waals surface area contributed by atoms with Crippen LogP contribution in [0.4, 0.5) is 0 Å². The molecule has 0 bridgehead atoms. The fourth-order valence-electron chi connectivity index (χ4n) is 2.41. The first kappa shape index (κ1) is 17.8. The van der Waals surface area contributed by atoms with Crippen molar-refractivity contribution in [1.29, 1.82) is 0 Å². The third kappa shape index (κ3) is 3.25. The summed E-state index contributed by atoms with van der Waals surface area (Å²) in [5, 5.41) is 0.890. The van der Waals surface area contributed by atoms with E-state index < -0.39 is 5.91 Å². The maximum Gasteiger partial charge on any atom is 0.283 e. The Morgan fingerprint density at radius 1 is 1.16 bits per heavy atom. The molecule has 8 heteroatoms. The molecule has 0 spiro atoms. The maximum atomic E-state index is 12.7. The van der Waals surface area contributed by atoms with Crippen molar-refractivity contribution < 1.29 is 14.3 Å². The van der Waals surface area contributed by atoms with Gasteiger partial charge >= 0.3 is 0 Å². The van der Waals surface area contributed by atoms with Crippen LogP contribution in [0.15, 0.2) is 35.3 Å². The summed E-state index contributed by atoms with van der Waals surface area (Å²) in [7, 11) is 4.82. The van der Waals surface area contributed by atoms with Crippen LogP contribution >= 0.6 is 34.5 Å². The monoisotopic (exact) mass is 396 g/mol. The van der Waals surface area contributed by atoms with Gasteiger partial charge in [-0.1, -0.05) is 34.5 Å². The van der Waals surface area contributed by atoms with Crippen molar-refractivity contribution in [1.82, 2.24) is 4.57 Å². The normalized spacial score (nSPS) is 11.8. The number of fused-ring (bicyclic) bond motifs is 1. The van der Waals surface area contributed by atoms with E-state index in [1.165, 1.54) is 25.6 Å². The molecule has 0 N–H and O–H groups in total. The Bertz CT molecular complexity index is 1040. The van der Waals surface area contributed by atoms with Crippen molar-refractivity contribution in [2.24, 2.45) is 12.0 Å². The third-order valence-electron chi connectivity index (χ3n) is 3.69. The van der Waals surface area contributed by atoms with E-state index in [1.807, 2.05) is 6.07 Å². The van der Waals surface area contributed by atoms with Gasteiger partial charge in [-0.2, -0.15) is 4.99 Å². The minimum absolute atomic E-state index is 0.323. The number of aryl methyl sites for hydroxylation is 1. The van der Waals surface area contributed by atoms with E-state index >= 15 is 0 Å². The summed E-state index contributed by atoms with van der Waals surface area (Å²) in [5.41, 5.74) is 1.06. The highest BCUT2D eigenvalue weighted by molar-refractivity contribution is 7.16. The summed E-state index contributed by atoms with van der Waals surface area (Å²) in [6, 6.07) is 8.56. The van der Waals surface area contributed by atoms with E-state index in [4.69, 9.17) is 32.7 Å². The molecule has 0 atom stereocenters. The molecule has 130 valence electrons. The number of halogens is 2. The standard InChI is InChI=1S/C17H14Cl2N2O3S/c1-21-15-13(7-5-11(18)14(15)19)25-17(21)20-16(22)10-8-9(23-2)4-6-12(10)24-3/h4-8H,1-3H3. The second-order valence-electron chi connectivity index (χ2n) is 5.13. The van der Waals surface area contributed by atoms with Gasteiger partial charge in [0.1, 0.15) is 11.5 Å². The average Bonchev–Trinajstić information content (AvgIpc) is 2.93. The molecule has 0 radical (unpaired) electrons. The summed E-state index contributed by atoms with van der Waals surface area (Å²) in [6.45, 7) is 0. The van der Waals surface area contributed by atoms with E-state index in [0.29, 0.717) is 31.9 Å². The lowest BCUT2D eigenvalue weighted by molar-refractivity contribution is 0.0994. The summed E-state index contributed by atoms with van der Waals surface area (Å²) in [6.07, 6.45) is 0. The van der Waals surface area contributed by atoms with E-state index in [2.05, 4.69) is 4.99 Å². The number of aromatic nitrogens is 1. The van der Waals surface area contributed by atoms with Gasteiger partial charge in [0, 0.05) is 7.05 Å². The number of ether oxygens (including phenoxy) is 2. The molecule has 0 aliphatic rings. The van der Waals surface area contributed by atoms with Crippen molar-refractivity contribution in [2.45, 2.75) is 0 Å². The number of carbonyl (C=O) groups excluding carboxylic acids is 1. The van der Waals surface area contributed by atoms with Crippen LogP contribution in [-0.4, -0.2) is 24.7 Å². The number of hydrogen-bond donors (Lipinski definition) is 0. The zero-order chi connectivity index (χ0) is 18.1. The molecule has 1 aromatic heterocycles. The first-order valence-electron chi connectivity index (χ1n) is 7.21. The second kappa shape index (κ2) is 7.07. The van der Waals surface area contributed by atoms with Gasteiger partial charge in [0.05, 0.1) is 40.0 Å². The van der Waals surface area contributed by atoms with Crippen LogP contribution in [0.25, 0.3) is 10.2 Å². The SMILES string of the molecule is COc1ccc(OC)c(C(=O)N=c2sc3ccc(Cl)c(Cl)c3n2C)c1. The van der Waals surface area contributed by atoms with Crippen LogP contribution in [0.3, 0.4) is 0 Å². The Morgan fingerprint density at radius 2 is 1.92 bits per heavy atom. The predicted octanol–water partition coefficient (Wildman–Crippen LogP) is 4.30. The summed E-state index contributed by atoms with van der Waals surface area (Å²) < 4.78 is 13.1. The molecule has 25 heavy (non-hydrogen) atoms. The number of nitrogens with zero attached hydrogens (tertiary/aromatic N) is 2. The summed E-state index contributed by atoms with van der Waals surface area (Å²) in [5.74, 6) is 0.550. The molecule has 0 aliphatic heterocycles. The molecule has 0 saturated heterocycles. The zero-order valence-corrected chi connectivity index (χ0v) is 16.0. The lowest BCUT2D eigenvalue weighted by Crippen LogP contribution is -2.14. The molecule has 0 saturated carbocycles. The van der Waals surface area contributed by atoms with Crippen molar-refractivity contribution in [3.05, 3.63) is 50.7 Å². The number of benzene rings is 2. The average molecular weight is 397 g/mol. The van der Waals surface area contributed by atoms with Crippen molar-refractivity contribution in [3.63, 3.8) is 0 Å². The minimum atomic E-state index is -0.430. The predicted molar refractivity (Wildman–Crippen MR) is 100 cm³/mol. The maximum absolute atomic E-state index is 12.7. The van der Waals surface area contributed by atoms with Gasteiger partial charge in [-0.3, -0.25) is 4.79 Å². The van der Waals surface area contributed by atoms with E-state index in [0.717, 1.165) is 10.2 Å². The molecule has 1 heterocycles. The Morgan fingerprint density at radius 3 is 2.60 bits per heavy atom. The molecule has 5 nitrogen and oxygen atoms in total. The van der Waals surface area contributed by atoms with Crippen LogP contribution in [0, 0.1) is 0 Å². The highest BCUT2D eigenvalue weighted by Crippen LogP contribution is 2.31. The Hall–Kier alpha value is -2.02. The number of hydrogen-bond acceptors (Lipinski definition) is 4. The van der Waals surface area contributed by atoms with Crippen molar-refractivity contribution in [3.8, 4) is 11.5 Å². The molecule has 0 fully saturated rings. The number of rotatable bonds is 3. The minimum Gasteiger partial charge on any atom is -0.497 e. The molecule has 0 aliphatic carbocycles. The lowest BCUT2D eigenvalue weighted by atomic mass is 10.2. The molecular weight excluding hydrogens is 383 g/mol. The van der Waals surface area contributed by atoms with Crippen molar-refractivity contribution in [2.75, 3.05) is 14.2 Å². The van der Waals surface area contributed by atoms with Crippen LogP contribution in [0.2, 0.25) is 10.0 Å². The van der Waals surface area contributed by atoms with Crippen molar-refractivity contribution >= 4 is 50.7 Å². The topological polar surface area (TPSA) is 52.8 Å². The van der Waals surface area contributed by atoms with E-state index in [1.54, 1.807) is 35.9 Å². The first-order chi connectivity index (χ1) is 12.0. The van der Waals surface area contributed by atoms with Gasteiger partial charge in [0.15, 0.2) is 4.80 Å². The van der Waals surface area contributed by atoms with E-state index in [-0.39, 0.29) is 0 Å². The molecule has 1 amide bonds. The molecular formula is C17H14Cl2N2O3S. The number of carbonyl (C=O) groups is 1. The van der Waals surface area contributed by atoms with Gasteiger partial charge in [-0.15, -0.1) is 0 Å². The van der Waals surface area contributed by atoms with Gasteiger partial charge in [0.2, 0.25) is 0 Å². The van der Waals surface area contributed by atoms with Gasteiger partial charge in [0.25, 0.3) is 5.91 Å². The summed E-state index contributed by atoms with van der Waals surface area (Å²) in [4.78, 5) is 17.4. The number of thiazole rings is 1. The number of methoxy groups -OCH3 is 2. The number of amides is 1. The fourth-order valence-corrected chi connectivity index (χ4v) is 3.93. The quantitative estimate of drug-likeness (QED) is 0.662. The lowest BCUT2D eigenvalue weighted by Gasteiger charge is -2.07. The van der Waals surface area contributed by atoms with Crippen LogP contribution in [-0.2, 0) is 7.05 Å². The summed E-state index contributed by atoms with van der Waals surface area (Å²) >= 11 is 13.7. The zero-order valence-electron chi connectivity index (χ0n) is 13.7. The Kier molecular flexibility index (Phi) is 5.03. The second-order valence-corrected chi connectivity index (χ2v) is 6.93. The molecule has 0 unspecified atom stereocenters. The highest BCUT2D eigenvalue weighted by Gasteiger charge is 2.15. The van der Waals surface area contributed by atoms with Gasteiger partial charge in [-0.25, -0.2) is 0 Å². The third-order valence-corrected chi connectivity index (χ3v) is 5.58. The fraction of sp³-hybridized carbons (Fsp3) is 0.176. The van der Waals surface area contributed by atoms with E-state index in [9.17, 15) is 4.79 Å². The van der Waals surface area contributed by atoms with Crippen LogP contribution in [0.5, 0.6) is 11.5 Å². The Labute approximate surface area is 158 Å². The highest BCUT2D eigenvalue weighted by atomic mass is 35.5. The first-order valence-corrected chi connectivity index (χ1v) is 8.78. The molecule has 3 rings (SSSR count). The largest absolute Gasteiger partial charge is 0.497 e.